The van der Waals surface area contributed by atoms with E-state index in [4.69, 9.17) is 9.47 Å². The van der Waals surface area contributed by atoms with Crippen LogP contribution in [-0.2, 0) is 4.74 Å². The summed E-state index contributed by atoms with van der Waals surface area (Å²) in [5, 5.41) is 10.0. The highest BCUT2D eigenvalue weighted by Gasteiger charge is 2.20. The number of methoxy groups -OCH3 is 2. The molecular formula is C15H25NO3. The summed E-state index contributed by atoms with van der Waals surface area (Å²) >= 11 is 0. The molecule has 0 aliphatic heterocycles. The minimum atomic E-state index is -0.574. The van der Waals surface area contributed by atoms with Gasteiger partial charge in [-0.05, 0) is 32.9 Å². The van der Waals surface area contributed by atoms with E-state index in [-0.39, 0.29) is 0 Å². The lowest BCUT2D eigenvalue weighted by Crippen LogP contribution is -2.34. The normalized spacial score (nSPS) is 12.6. The fourth-order valence-corrected chi connectivity index (χ4v) is 2.23. The van der Waals surface area contributed by atoms with Crippen molar-refractivity contribution in [2.75, 3.05) is 32.3 Å². The van der Waals surface area contributed by atoms with E-state index in [1.165, 1.54) is 0 Å². The van der Waals surface area contributed by atoms with Gasteiger partial charge in [-0.2, -0.15) is 0 Å². The number of aliphatic hydroxyl groups is 1. The van der Waals surface area contributed by atoms with Gasteiger partial charge in [0.25, 0.3) is 0 Å². The van der Waals surface area contributed by atoms with Crippen LogP contribution in [-0.4, -0.2) is 38.5 Å². The monoisotopic (exact) mass is 267 g/mol. The Bertz CT molecular complexity index is 391. The zero-order valence-electron chi connectivity index (χ0n) is 12.5. The minimum absolute atomic E-state index is 0.319. The SMILES string of the molecule is COCCN(c1cccc(OC)c1[C@@H](C)O)C(C)C. The van der Waals surface area contributed by atoms with E-state index in [0.29, 0.717) is 12.6 Å². The lowest BCUT2D eigenvalue weighted by atomic mass is 10.0. The lowest BCUT2D eigenvalue weighted by Gasteiger charge is -2.32. The third-order valence-corrected chi connectivity index (χ3v) is 3.15. The maximum absolute atomic E-state index is 10.0. The van der Waals surface area contributed by atoms with Gasteiger partial charge in [0.15, 0.2) is 0 Å². The quantitative estimate of drug-likeness (QED) is 0.824. The van der Waals surface area contributed by atoms with E-state index >= 15 is 0 Å². The van der Waals surface area contributed by atoms with Crippen molar-refractivity contribution in [3.63, 3.8) is 0 Å². The third kappa shape index (κ3) is 3.85. The second-order valence-electron chi connectivity index (χ2n) is 4.85. The van der Waals surface area contributed by atoms with Crippen LogP contribution in [0, 0.1) is 0 Å². The predicted octanol–water partition coefficient (Wildman–Crippen LogP) is 2.61. The predicted molar refractivity (Wildman–Crippen MR) is 78.0 cm³/mol. The van der Waals surface area contributed by atoms with Crippen LogP contribution in [0.3, 0.4) is 0 Å². The Morgan fingerprint density at radius 2 is 1.89 bits per heavy atom. The van der Waals surface area contributed by atoms with Gasteiger partial charge < -0.3 is 19.5 Å². The molecule has 19 heavy (non-hydrogen) atoms. The molecule has 0 bridgehead atoms. The highest BCUT2D eigenvalue weighted by atomic mass is 16.5. The number of anilines is 1. The van der Waals surface area contributed by atoms with Gasteiger partial charge in [0.2, 0.25) is 0 Å². The Labute approximate surface area is 115 Å². The summed E-state index contributed by atoms with van der Waals surface area (Å²) in [6, 6.07) is 6.16. The van der Waals surface area contributed by atoms with Crippen molar-refractivity contribution in [3.05, 3.63) is 23.8 Å². The molecule has 4 nitrogen and oxygen atoms in total. The molecule has 0 saturated heterocycles. The first-order chi connectivity index (χ1) is 9.02. The third-order valence-electron chi connectivity index (χ3n) is 3.15. The zero-order valence-corrected chi connectivity index (χ0v) is 12.5. The average Bonchev–Trinajstić information content (AvgIpc) is 2.38. The Balaban J connectivity index is 3.21. The maximum Gasteiger partial charge on any atom is 0.126 e. The minimum Gasteiger partial charge on any atom is -0.496 e. The molecule has 108 valence electrons. The molecule has 1 aromatic carbocycles. The van der Waals surface area contributed by atoms with Crippen LogP contribution in [0.4, 0.5) is 5.69 Å². The van der Waals surface area contributed by atoms with Gasteiger partial charge in [-0.15, -0.1) is 0 Å². The van der Waals surface area contributed by atoms with E-state index in [1.807, 2.05) is 18.2 Å². The van der Waals surface area contributed by atoms with Crippen molar-refractivity contribution >= 4 is 5.69 Å². The van der Waals surface area contributed by atoms with Crippen molar-refractivity contribution < 1.29 is 14.6 Å². The van der Waals surface area contributed by atoms with E-state index in [9.17, 15) is 5.11 Å². The number of benzene rings is 1. The molecule has 0 aromatic heterocycles. The summed E-state index contributed by atoms with van der Waals surface area (Å²) in [7, 11) is 3.32. The number of nitrogens with zero attached hydrogens (tertiary/aromatic N) is 1. The molecule has 0 radical (unpaired) electrons. The van der Waals surface area contributed by atoms with E-state index < -0.39 is 6.10 Å². The molecule has 0 aliphatic rings. The molecule has 0 unspecified atom stereocenters. The number of hydrogen-bond acceptors (Lipinski definition) is 4. The van der Waals surface area contributed by atoms with Gasteiger partial charge in [-0.25, -0.2) is 0 Å². The molecule has 1 N–H and O–H groups in total. The fourth-order valence-electron chi connectivity index (χ4n) is 2.23. The molecule has 0 heterocycles. The van der Waals surface area contributed by atoms with Crippen molar-refractivity contribution in [2.24, 2.45) is 0 Å². The Kier molecular flexibility index (Phi) is 6.12. The Hall–Kier alpha value is -1.26. The van der Waals surface area contributed by atoms with Crippen LogP contribution < -0.4 is 9.64 Å². The van der Waals surface area contributed by atoms with Gasteiger partial charge >= 0.3 is 0 Å². The summed E-state index contributed by atoms with van der Waals surface area (Å²) in [5.41, 5.74) is 1.83. The maximum atomic E-state index is 10.0. The smallest absolute Gasteiger partial charge is 0.126 e. The van der Waals surface area contributed by atoms with Gasteiger partial charge in [-0.3, -0.25) is 0 Å². The summed E-state index contributed by atoms with van der Waals surface area (Å²) < 4.78 is 10.5. The van der Waals surface area contributed by atoms with E-state index in [0.717, 1.165) is 23.5 Å². The molecule has 4 heteroatoms. The summed E-state index contributed by atoms with van der Waals surface area (Å²) in [5.74, 6) is 0.718. The van der Waals surface area contributed by atoms with Crippen molar-refractivity contribution in [1.29, 1.82) is 0 Å². The van der Waals surface area contributed by atoms with E-state index in [1.54, 1.807) is 21.1 Å². The largest absolute Gasteiger partial charge is 0.496 e. The second kappa shape index (κ2) is 7.36. The van der Waals surface area contributed by atoms with E-state index in [2.05, 4.69) is 18.7 Å². The number of hydrogen-bond donors (Lipinski definition) is 1. The molecule has 1 rings (SSSR count). The molecule has 0 aliphatic carbocycles. The van der Waals surface area contributed by atoms with Crippen LogP contribution in [0.5, 0.6) is 5.75 Å². The molecule has 1 atom stereocenters. The van der Waals surface area contributed by atoms with Crippen molar-refractivity contribution in [2.45, 2.75) is 32.9 Å². The lowest BCUT2D eigenvalue weighted by molar-refractivity contribution is 0.192. The summed E-state index contributed by atoms with van der Waals surface area (Å²) in [6.07, 6.45) is -0.574. The molecule has 0 amide bonds. The summed E-state index contributed by atoms with van der Waals surface area (Å²) in [4.78, 5) is 2.22. The zero-order chi connectivity index (χ0) is 14.4. The number of ether oxygens (including phenoxy) is 2. The second-order valence-corrected chi connectivity index (χ2v) is 4.85. The standard InChI is InChI=1S/C15H25NO3/c1-11(2)16(9-10-18-4)13-7-6-8-14(19-5)15(13)12(3)17/h6-8,11-12,17H,9-10H2,1-5H3/t12-/m1/s1. The summed E-state index contributed by atoms with van der Waals surface area (Å²) in [6.45, 7) is 7.44. The van der Waals surface area contributed by atoms with Crippen molar-refractivity contribution in [1.82, 2.24) is 0 Å². The van der Waals surface area contributed by atoms with Gasteiger partial charge in [0, 0.05) is 30.9 Å². The van der Waals surface area contributed by atoms with Gasteiger partial charge in [0.05, 0.1) is 19.8 Å². The Morgan fingerprint density at radius 3 is 2.37 bits per heavy atom. The van der Waals surface area contributed by atoms with Gasteiger partial charge in [0.1, 0.15) is 5.75 Å². The van der Waals surface area contributed by atoms with Crippen LogP contribution in [0.2, 0.25) is 0 Å². The molecular weight excluding hydrogens is 242 g/mol. The molecule has 1 aromatic rings. The highest BCUT2D eigenvalue weighted by Crippen LogP contribution is 2.35. The van der Waals surface area contributed by atoms with Crippen LogP contribution in [0.1, 0.15) is 32.4 Å². The molecule has 0 fully saturated rings. The Morgan fingerprint density at radius 1 is 1.21 bits per heavy atom. The van der Waals surface area contributed by atoms with Crippen LogP contribution in [0.25, 0.3) is 0 Å². The topological polar surface area (TPSA) is 41.9 Å². The number of aliphatic hydroxyl groups excluding tert-OH is 1. The average molecular weight is 267 g/mol. The first-order valence-corrected chi connectivity index (χ1v) is 6.63. The molecule has 0 saturated carbocycles. The highest BCUT2D eigenvalue weighted by molar-refractivity contribution is 5.61. The van der Waals surface area contributed by atoms with Crippen molar-refractivity contribution in [3.8, 4) is 5.75 Å². The molecule has 0 spiro atoms. The van der Waals surface area contributed by atoms with Gasteiger partial charge in [-0.1, -0.05) is 6.07 Å². The number of rotatable bonds is 7. The first-order valence-electron chi connectivity index (χ1n) is 6.63. The van der Waals surface area contributed by atoms with Crippen LogP contribution in [0.15, 0.2) is 18.2 Å². The first kappa shape index (κ1) is 15.8. The fraction of sp³-hybridized carbons (Fsp3) is 0.600. The van der Waals surface area contributed by atoms with Crippen LogP contribution >= 0.6 is 0 Å².